The quantitative estimate of drug-likeness (QED) is 0.354. The van der Waals surface area contributed by atoms with Gasteiger partial charge in [0.25, 0.3) is 0 Å². The summed E-state index contributed by atoms with van der Waals surface area (Å²) in [5.41, 5.74) is 4.58. The maximum absolute atomic E-state index is 13.2. The molecule has 1 atom stereocenters. The van der Waals surface area contributed by atoms with Crippen molar-refractivity contribution < 1.29 is 9.59 Å². The number of carbonyl (C=O) groups is 2. The Bertz CT molecular complexity index is 1550. The SMILES string of the molecule is O=C1CC(Sc2nnc(-c3ccccc3)c(-c3ccccc3)n2)C(=O)N1c1ccc2cc[nH]c2c1. The Morgan fingerprint density at radius 2 is 1.54 bits per heavy atom. The number of imide groups is 1. The molecule has 0 bridgehead atoms. The van der Waals surface area contributed by atoms with E-state index >= 15 is 0 Å². The first-order valence-electron chi connectivity index (χ1n) is 11.1. The second-order valence-electron chi connectivity index (χ2n) is 8.15. The van der Waals surface area contributed by atoms with Crippen LogP contribution in [0.3, 0.4) is 0 Å². The van der Waals surface area contributed by atoms with Crippen LogP contribution in [-0.4, -0.2) is 37.2 Å². The summed E-state index contributed by atoms with van der Waals surface area (Å²) in [5.74, 6) is -0.515. The number of H-pyrrole nitrogens is 1. The summed E-state index contributed by atoms with van der Waals surface area (Å²) in [5, 5.41) is 9.54. The molecule has 2 amide bonds. The number of amides is 2. The van der Waals surface area contributed by atoms with E-state index in [9.17, 15) is 9.59 Å². The second-order valence-corrected chi connectivity index (χ2v) is 9.32. The summed E-state index contributed by atoms with van der Waals surface area (Å²) in [4.78, 5) is 35.2. The van der Waals surface area contributed by atoms with Crippen molar-refractivity contribution >= 4 is 40.2 Å². The molecule has 1 N–H and O–H groups in total. The Hall–Kier alpha value is -4.30. The van der Waals surface area contributed by atoms with Crippen molar-refractivity contribution in [3.8, 4) is 22.5 Å². The van der Waals surface area contributed by atoms with Crippen molar-refractivity contribution in [3.05, 3.63) is 91.1 Å². The number of nitrogens with zero attached hydrogens (tertiary/aromatic N) is 4. The van der Waals surface area contributed by atoms with Crippen LogP contribution in [0.4, 0.5) is 5.69 Å². The Morgan fingerprint density at radius 3 is 2.29 bits per heavy atom. The number of nitrogens with one attached hydrogen (secondary N) is 1. The average molecular weight is 478 g/mol. The van der Waals surface area contributed by atoms with E-state index in [2.05, 4.69) is 15.2 Å². The van der Waals surface area contributed by atoms with Gasteiger partial charge in [0.05, 0.1) is 5.69 Å². The molecule has 1 saturated heterocycles. The molecule has 3 aromatic carbocycles. The molecule has 2 aromatic heterocycles. The Balaban J connectivity index is 1.32. The van der Waals surface area contributed by atoms with Crippen LogP contribution in [0.25, 0.3) is 33.4 Å². The average Bonchev–Trinajstić information content (AvgIpc) is 3.48. The molecule has 5 aromatic rings. The lowest BCUT2D eigenvalue weighted by atomic mass is 10.0. The number of aromatic nitrogens is 4. The monoisotopic (exact) mass is 477 g/mol. The van der Waals surface area contributed by atoms with Crippen LogP contribution in [0.15, 0.2) is 96.3 Å². The minimum atomic E-state index is -0.616. The number of anilines is 1. The lowest BCUT2D eigenvalue weighted by molar-refractivity contribution is -0.121. The lowest BCUT2D eigenvalue weighted by Crippen LogP contribution is -2.31. The molecule has 3 heterocycles. The highest BCUT2D eigenvalue weighted by molar-refractivity contribution is 8.00. The van der Waals surface area contributed by atoms with Gasteiger partial charge in [-0.25, -0.2) is 9.88 Å². The van der Waals surface area contributed by atoms with Gasteiger partial charge in [-0.05, 0) is 23.6 Å². The van der Waals surface area contributed by atoms with Gasteiger partial charge in [0.15, 0.2) is 0 Å². The van der Waals surface area contributed by atoms with E-state index < -0.39 is 5.25 Å². The zero-order valence-electron chi connectivity index (χ0n) is 18.5. The fourth-order valence-electron chi connectivity index (χ4n) is 4.22. The molecular weight excluding hydrogens is 458 g/mol. The van der Waals surface area contributed by atoms with Gasteiger partial charge in [-0.3, -0.25) is 9.59 Å². The fourth-order valence-corrected chi connectivity index (χ4v) is 5.14. The number of hydrogen-bond acceptors (Lipinski definition) is 6. The third-order valence-electron chi connectivity index (χ3n) is 5.91. The number of benzene rings is 3. The molecule has 1 unspecified atom stereocenters. The predicted octanol–water partition coefficient (Wildman–Crippen LogP) is 5.11. The zero-order chi connectivity index (χ0) is 23.8. The van der Waals surface area contributed by atoms with Crippen molar-refractivity contribution in [3.63, 3.8) is 0 Å². The van der Waals surface area contributed by atoms with Crippen molar-refractivity contribution in [1.82, 2.24) is 20.2 Å². The van der Waals surface area contributed by atoms with Crippen molar-refractivity contribution in [2.24, 2.45) is 0 Å². The first-order valence-corrected chi connectivity index (χ1v) is 12.0. The summed E-state index contributed by atoms with van der Waals surface area (Å²) in [6.45, 7) is 0. The Kier molecular flexibility index (Phi) is 5.35. The highest BCUT2D eigenvalue weighted by Gasteiger charge is 2.41. The van der Waals surface area contributed by atoms with Crippen molar-refractivity contribution in [2.75, 3.05) is 4.90 Å². The number of hydrogen-bond donors (Lipinski definition) is 1. The molecular formula is C27H19N5O2S. The summed E-state index contributed by atoms with van der Waals surface area (Å²) in [7, 11) is 0. The van der Waals surface area contributed by atoms with E-state index in [1.807, 2.05) is 85.1 Å². The fraction of sp³-hybridized carbons (Fsp3) is 0.0741. The number of rotatable bonds is 5. The molecule has 1 fully saturated rings. The van der Waals surface area contributed by atoms with Crippen LogP contribution in [0, 0.1) is 0 Å². The smallest absolute Gasteiger partial charge is 0.247 e. The largest absolute Gasteiger partial charge is 0.361 e. The van der Waals surface area contributed by atoms with Crippen molar-refractivity contribution in [1.29, 1.82) is 0 Å². The molecule has 0 spiro atoms. The highest BCUT2D eigenvalue weighted by atomic mass is 32.2. The van der Waals surface area contributed by atoms with E-state index in [1.165, 1.54) is 16.7 Å². The topological polar surface area (TPSA) is 91.8 Å². The molecule has 35 heavy (non-hydrogen) atoms. The molecule has 8 heteroatoms. The molecule has 6 rings (SSSR count). The van der Waals surface area contributed by atoms with Gasteiger partial charge < -0.3 is 4.98 Å². The lowest BCUT2D eigenvalue weighted by Gasteiger charge is -2.15. The maximum Gasteiger partial charge on any atom is 0.247 e. The van der Waals surface area contributed by atoms with Gasteiger partial charge in [-0.2, -0.15) is 0 Å². The molecule has 1 aliphatic heterocycles. The molecule has 170 valence electrons. The van der Waals surface area contributed by atoms with Crippen LogP contribution in [0.2, 0.25) is 0 Å². The van der Waals surface area contributed by atoms with Gasteiger partial charge in [0.2, 0.25) is 17.0 Å². The third kappa shape index (κ3) is 3.98. The molecule has 0 aliphatic carbocycles. The van der Waals surface area contributed by atoms with E-state index in [0.717, 1.165) is 22.0 Å². The van der Waals surface area contributed by atoms with Crippen LogP contribution in [-0.2, 0) is 9.59 Å². The molecule has 0 radical (unpaired) electrons. The Morgan fingerprint density at radius 1 is 0.829 bits per heavy atom. The Labute approximate surface area is 205 Å². The van der Waals surface area contributed by atoms with E-state index in [4.69, 9.17) is 4.98 Å². The molecule has 7 nitrogen and oxygen atoms in total. The second kappa shape index (κ2) is 8.81. The third-order valence-corrected chi connectivity index (χ3v) is 6.95. The van der Waals surface area contributed by atoms with E-state index in [-0.39, 0.29) is 18.2 Å². The highest BCUT2D eigenvalue weighted by Crippen LogP contribution is 2.35. The number of thioether (sulfide) groups is 1. The first kappa shape index (κ1) is 21.2. The minimum Gasteiger partial charge on any atom is -0.361 e. The van der Waals surface area contributed by atoms with E-state index in [1.54, 1.807) is 6.07 Å². The predicted molar refractivity (Wildman–Crippen MR) is 136 cm³/mol. The maximum atomic E-state index is 13.2. The zero-order valence-corrected chi connectivity index (χ0v) is 19.3. The number of aromatic amines is 1. The standard InChI is InChI=1S/C27H19N5O2S/c33-23-16-22(26(34)32(23)20-12-11-17-13-14-28-21(17)15-20)35-27-29-24(18-7-3-1-4-8-18)25(30-31-27)19-9-5-2-6-10-19/h1-15,22,28H,16H2. The van der Waals surface area contributed by atoms with Gasteiger partial charge >= 0.3 is 0 Å². The summed E-state index contributed by atoms with van der Waals surface area (Å²) >= 11 is 1.17. The summed E-state index contributed by atoms with van der Waals surface area (Å²) in [6, 6.07) is 26.9. The van der Waals surface area contributed by atoms with Gasteiger partial charge in [0.1, 0.15) is 16.6 Å². The van der Waals surface area contributed by atoms with Crippen molar-refractivity contribution in [2.45, 2.75) is 16.8 Å². The van der Waals surface area contributed by atoms with E-state index in [0.29, 0.717) is 22.2 Å². The molecule has 1 aliphatic rings. The molecule has 0 saturated carbocycles. The first-order chi connectivity index (χ1) is 17.2. The van der Waals surface area contributed by atoms with Crippen LogP contribution >= 0.6 is 11.8 Å². The summed E-state index contributed by atoms with van der Waals surface area (Å²) < 4.78 is 0. The van der Waals surface area contributed by atoms with Crippen LogP contribution in [0.5, 0.6) is 0 Å². The number of carbonyl (C=O) groups excluding carboxylic acids is 2. The van der Waals surface area contributed by atoms with Crippen LogP contribution in [0.1, 0.15) is 6.42 Å². The minimum absolute atomic E-state index is 0.0801. The number of fused-ring (bicyclic) bond motifs is 1. The van der Waals surface area contributed by atoms with Gasteiger partial charge in [0, 0.05) is 29.3 Å². The normalized spacial score (nSPS) is 15.8. The van der Waals surface area contributed by atoms with Gasteiger partial charge in [-0.1, -0.05) is 78.5 Å². The van der Waals surface area contributed by atoms with Gasteiger partial charge in [-0.15, -0.1) is 10.2 Å². The summed E-state index contributed by atoms with van der Waals surface area (Å²) in [6.07, 6.45) is 1.91. The van der Waals surface area contributed by atoms with Crippen LogP contribution < -0.4 is 4.90 Å².